The SMILES string of the molecule is O=C1C2Cc3c([nH]c4ccccc34)C(c3ccc4c(c3)OCO4)N2C(=O)CN1Cc1ccc(F)cc1. The molecular weight excluding hydrogens is 461 g/mol. The van der Waals surface area contributed by atoms with E-state index in [-0.39, 0.29) is 37.5 Å². The van der Waals surface area contributed by atoms with Gasteiger partial charge in [0.1, 0.15) is 18.4 Å². The quantitative estimate of drug-likeness (QED) is 0.479. The molecule has 4 aromatic rings. The fraction of sp³-hybridized carbons (Fsp3) is 0.214. The Morgan fingerprint density at radius 3 is 2.64 bits per heavy atom. The Morgan fingerprint density at radius 1 is 0.972 bits per heavy atom. The smallest absolute Gasteiger partial charge is 0.246 e. The van der Waals surface area contributed by atoms with E-state index in [0.29, 0.717) is 17.9 Å². The molecule has 0 aliphatic carbocycles. The molecule has 7 nitrogen and oxygen atoms in total. The zero-order valence-electron chi connectivity index (χ0n) is 19.2. The average Bonchev–Trinajstić information content (AvgIpc) is 3.51. The highest BCUT2D eigenvalue weighted by Crippen LogP contribution is 2.45. The number of benzene rings is 3. The Balaban J connectivity index is 1.33. The van der Waals surface area contributed by atoms with Crippen molar-refractivity contribution < 1.29 is 23.5 Å². The van der Waals surface area contributed by atoms with E-state index in [1.165, 1.54) is 12.1 Å². The van der Waals surface area contributed by atoms with E-state index in [4.69, 9.17) is 9.47 Å². The van der Waals surface area contributed by atoms with E-state index in [0.717, 1.165) is 33.3 Å². The fourth-order valence-electron chi connectivity index (χ4n) is 5.70. The first kappa shape index (κ1) is 21.0. The van der Waals surface area contributed by atoms with Crippen LogP contribution in [0.5, 0.6) is 11.5 Å². The molecule has 2 unspecified atom stereocenters. The third kappa shape index (κ3) is 3.17. The minimum Gasteiger partial charge on any atom is -0.454 e. The van der Waals surface area contributed by atoms with Crippen molar-refractivity contribution >= 4 is 22.7 Å². The van der Waals surface area contributed by atoms with E-state index in [9.17, 15) is 14.0 Å². The maximum atomic E-state index is 13.8. The normalized spacial score (nSPS) is 20.6. The Morgan fingerprint density at radius 2 is 1.78 bits per heavy atom. The molecule has 36 heavy (non-hydrogen) atoms. The number of aromatic nitrogens is 1. The highest BCUT2D eigenvalue weighted by Gasteiger charge is 2.48. The van der Waals surface area contributed by atoms with Crippen molar-refractivity contribution in [1.29, 1.82) is 0 Å². The van der Waals surface area contributed by atoms with Crippen molar-refractivity contribution in [1.82, 2.24) is 14.8 Å². The Labute approximate surface area is 206 Å². The Bertz CT molecular complexity index is 1530. The van der Waals surface area contributed by atoms with Crippen molar-refractivity contribution in [2.75, 3.05) is 13.3 Å². The number of amides is 2. The topological polar surface area (TPSA) is 74.9 Å². The number of halogens is 1. The number of rotatable bonds is 3. The summed E-state index contributed by atoms with van der Waals surface area (Å²) in [6, 6.07) is 18.6. The summed E-state index contributed by atoms with van der Waals surface area (Å²) in [5.41, 5.74) is 4.56. The average molecular weight is 483 g/mol. The third-order valence-electron chi connectivity index (χ3n) is 7.34. The largest absolute Gasteiger partial charge is 0.454 e. The molecule has 1 fully saturated rings. The second-order valence-corrected chi connectivity index (χ2v) is 9.42. The maximum absolute atomic E-state index is 13.8. The molecule has 1 N–H and O–H groups in total. The van der Waals surface area contributed by atoms with Gasteiger partial charge in [-0.05, 0) is 47.0 Å². The van der Waals surface area contributed by atoms with Crippen LogP contribution in [0.25, 0.3) is 10.9 Å². The first-order chi connectivity index (χ1) is 17.6. The molecule has 8 heteroatoms. The summed E-state index contributed by atoms with van der Waals surface area (Å²) in [7, 11) is 0. The van der Waals surface area contributed by atoms with Gasteiger partial charge in [0.15, 0.2) is 11.5 Å². The minimum absolute atomic E-state index is 0.0384. The van der Waals surface area contributed by atoms with Gasteiger partial charge in [-0.2, -0.15) is 0 Å². The van der Waals surface area contributed by atoms with Crippen LogP contribution in [0.4, 0.5) is 4.39 Å². The molecule has 0 saturated carbocycles. The highest BCUT2D eigenvalue weighted by molar-refractivity contribution is 5.97. The second kappa shape index (κ2) is 7.84. The number of hydrogen-bond donors (Lipinski definition) is 1. The number of carbonyl (C=O) groups excluding carboxylic acids is 2. The zero-order chi connectivity index (χ0) is 24.4. The third-order valence-corrected chi connectivity index (χ3v) is 7.34. The lowest BCUT2D eigenvalue weighted by Crippen LogP contribution is -2.62. The molecule has 1 saturated heterocycles. The van der Waals surface area contributed by atoms with Gasteiger partial charge in [-0.3, -0.25) is 9.59 Å². The number of fused-ring (bicyclic) bond motifs is 5. The predicted molar refractivity (Wildman–Crippen MR) is 129 cm³/mol. The van der Waals surface area contributed by atoms with Crippen molar-refractivity contribution in [3.63, 3.8) is 0 Å². The molecule has 2 amide bonds. The molecule has 4 heterocycles. The fourth-order valence-corrected chi connectivity index (χ4v) is 5.70. The summed E-state index contributed by atoms with van der Waals surface area (Å²) in [6.45, 7) is 0.372. The molecular formula is C28H22FN3O4. The molecule has 0 radical (unpaired) electrons. The van der Waals surface area contributed by atoms with Crippen LogP contribution in [0.15, 0.2) is 66.7 Å². The van der Waals surface area contributed by atoms with Gasteiger partial charge in [-0.15, -0.1) is 0 Å². The van der Waals surface area contributed by atoms with Gasteiger partial charge in [0.05, 0.1) is 6.04 Å². The van der Waals surface area contributed by atoms with Crippen LogP contribution >= 0.6 is 0 Å². The second-order valence-electron chi connectivity index (χ2n) is 9.42. The van der Waals surface area contributed by atoms with Crippen LogP contribution in [0.2, 0.25) is 0 Å². The molecule has 3 aliphatic rings. The lowest BCUT2D eigenvalue weighted by atomic mass is 9.86. The number of aromatic amines is 1. The van der Waals surface area contributed by atoms with Crippen molar-refractivity contribution in [3.8, 4) is 11.5 Å². The number of ether oxygens (including phenoxy) is 2. The van der Waals surface area contributed by atoms with E-state index in [2.05, 4.69) is 4.98 Å². The van der Waals surface area contributed by atoms with Crippen LogP contribution in [-0.4, -0.2) is 46.0 Å². The van der Waals surface area contributed by atoms with E-state index >= 15 is 0 Å². The number of piperazine rings is 1. The lowest BCUT2D eigenvalue weighted by Gasteiger charge is -2.47. The molecule has 3 aromatic carbocycles. The highest BCUT2D eigenvalue weighted by atomic mass is 19.1. The first-order valence-corrected chi connectivity index (χ1v) is 11.9. The monoisotopic (exact) mass is 483 g/mol. The standard InChI is InChI=1S/C28H22FN3O4/c29-18-8-5-16(6-9-18)13-31-14-25(33)32-22(28(31)34)12-20-19-3-1-2-4-21(19)30-26(20)27(32)17-7-10-23-24(11-17)36-15-35-23/h1-11,22,27,30H,12-15H2. The van der Waals surface area contributed by atoms with Crippen molar-refractivity contribution in [2.45, 2.75) is 25.0 Å². The van der Waals surface area contributed by atoms with Gasteiger partial charge in [0.25, 0.3) is 0 Å². The van der Waals surface area contributed by atoms with Gasteiger partial charge in [-0.25, -0.2) is 4.39 Å². The van der Waals surface area contributed by atoms with Crippen LogP contribution in [0.1, 0.15) is 28.4 Å². The lowest BCUT2D eigenvalue weighted by molar-refractivity contribution is -0.159. The van der Waals surface area contributed by atoms with Crippen molar-refractivity contribution in [3.05, 3.63) is 94.9 Å². The first-order valence-electron chi connectivity index (χ1n) is 11.9. The number of hydrogen-bond acceptors (Lipinski definition) is 4. The number of para-hydroxylation sites is 1. The summed E-state index contributed by atoms with van der Waals surface area (Å²) in [4.78, 5) is 34.3. The molecule has 3 aliphatic heterocycles. The molecule has 0 bridgehead atoms. The van der Waals surface area contributed by atoms with Crippen LogP contribution in [0, 0.1) is 5.82 Å². The van der Waals surface area contributed by atoms with Crippen LogP contribution in [-0.2, 0) is 22.6 Å². The molecule has 0 spiro atoms. The predicted octanol–water partition coefficient (Wildman–Crippen LogP) is 3.92. The summed E-state index contributed by atoms with van der Waals surface area (Å²) in [6.07, 6.45) is 0.422. The van der Waals surface area contributed by atoms with Crippen molar-refractivity contribution in [2.24, 2.45) is 0 Å². The number of nitrogens with one attached hydrogen (secondary N) is 1. The molecule has 1 aromatic heterocycles. The summed E-state index contributed by atoms with van der Waals surface area (Å²) in [5.74, 6) is 0.710. The van der Waals surface area contributed by atoms with Crippen LogP contribution in [0.3, 0.4) is 0 Å². The van der Waals surface area contributed by atoms with Gasteiger partial charge < -0.3 is 24.3 Å². The number of nitrogens with zero attached hydrogens (tertiary/aromatic N) is 2. The summed E-state index contributed by atoms with van der Waals surface area (Å²) >= 11 is 0. The molecule has 7 rings (SSSR count). The van der Waals surface area contributed by atoms with Crippen LogP contribution < -0.4 is 9.47 Å². The van der Waals surface area contributed by atoms with Gasteiger partial charge in [0.2, 0.25) is 18.6 Å². The van der Waals surface area contributed by atoms with Gasteiger partial charge in [0, 0.05) is 29.6 Å². The Kier molecular flexibility index (Phi) is 4.57. The number of carbonyl (C=O) groups is 2. The van der Waals surface area contributed by atoms with E-state index in [1.807, 2.05) is 42.5 Å². The number of H-pyrrole nitrogens is 1. The maximum Gasteiger partial charge on any atom is 0.246 e. The molecule has 2 atom stereocenters. The van der Waals surface area contributed by atoms with E-state index < -0.39 is 12.1 Å². The van der Waals surface area contributed by atoms with Gasteiger partial charge >= 0.3 is 0 Å². The Hall–Kier alpha value is -4.33. The van der Waals surface area contributed by atoms with Gasteiger partial charge in [-0.1, -0.05) is 36.4 Å². The minimum atomic E-state index is -0.645. The van der Waals surface area contributed by atoms with E-state index in [1.54, 1.807) is 21.9 Å². The summed E-state index contributed by atoms with van der Waals surface area (Å²) < 4.78 is 24.5. The summed E-state index contributed by atoms with van der Waals surface area (Å²) in [5, 5.41) is 1.05. The zero-order valence-corrected chi connectivity index (χ0v) is 19.2. The molecule has 180 valence electrons.